The van der Waals surface area contributed by atoms with E-state index in [1.165, 1.54) is 0 Å². The lowest BCUT2D eigenvalue weighted by molar-refractivity contribution is -0.192. The Hall–Kier alpha value is -2.04. The summed E-state index contributed by atoms with van der Waals surface area (Å²) in [4.78, 5) is 12.7. The van der Waals surface area contributed by atoms with Gasteiger partial charge < -0.3 is 14.9 Å². The van der Waals surface area contributed by atoms with Crippen LogP contribution in [-0.4, -0.2) is 54.9 Å². The molecule has 1 aliphatic rings. The van der Waals surface area contributed by atoms with Crippen LogP contribution in [0.2, 0.25) is 0 Å². The Morgan fingerprint density at radius 2 is 1.69 bits per heavy atom. The zero-order valence-corrected chi connectivity index (χ0v) is 13.8. The van der Waals surface area contributed by atoms with Crippen molar-refractivity contribution in [1.29, 1.82) is 0 Å². The molecule has 148 valence electrons. The maximum absolute atomic E-state index is 13.8. The van der Waals surface area contributed by atoms with E-state index in [9.17, 15) is 30.7 Å². The van der Waals surface area contributed by atoms with Crippen LogP contribution in [-0.2, 0) is 11.0 Å². The fourth-order valence-electron chi connectivity index (χ4n) is 2.41. The van der Waals surface area contributed by atoms with Crippen LogP contribution in [0, 0.1) is 5.82 Å². The summed E-state index contributed by atoms with van der Waals surface area (Å²) in [7, 11) is 1.94. The predicted octanol–water partition coefficient (Wildman–Crippen LogP) is 3.62. The molecule has 1 atom stereocenters. The maximum atomic E-state index is 13.8. The number of carboxylic acid groups (broad SMARTS) is 1. The first-order valence-corrected chi connectivity index (χ1v) is 7.35. The van der Waals surface area contributed by atoms with Crippen molar-refractivity contribution in [1.82, 2.24) is 4.90 Å². The summed E-state index contributed by atoms with van der Waals surface area (Å²) < 4.78 is 83.6. The molecule has 4 nitrogen and oxygen atoms in total. The molecular weight excluding hydrogens is 373 g/mol. The molecule has 2 rings (SSSR count). The average molecular weight is 390 g/mol. The van der Waals surface area contributed by atoms with Gasteiger partial charge in [-0.15, -0.1) is 0 Å². The second kappa shape index (κ2) is 8.11. The number of alkyl halides is 6. The van der Waals surface area contributed by atoms with E-state index in [-0.39, 0.29) is 11.7 Å². The van der Waals surface area contributed by atoms with Gasteiger partial charge in [-0.3, -0.25) is 0 Å². The van der Waals surface area contributed by atoms with E-state index < -0.39 is 29.7 Å². The quantitative estimate of drug-likeness (QED) is 0.744. The van der Waals surface area contributed by atoms with E-state index in [1.807, 2.05) is 14.0 Å². The summed E-state index contributed by atoms with van der Waals surface area (Å²) >= 11 is 0. The van der Waals surface area contributed by atoms with Crippen LogP contribution in [0.1, 0.15) is 12.5 Å². The Kier molecular flexibility index (Phi) is 6.86. The first-order valence-electron chi connectivity index (χ1n) is 7.35. The van der Waals surface area contributed by atoms with Crippen molar-refractivity contribution in [3.05, 3.63) is 29.6 Å². The number of nitrogens with zero attached hydrogens (tertiary/aromatic N) is 2. The number of piperazine rings is 1. The summed E-state index contributed by atoms with van der Waals surface area (Å²) in [6.45, 7) is 3.82. The Morgan fingerprint density at radius 1 is 1.15 bits per heavy atom. The van der Waals surface area contributed by atoms with E-state index in [0.717, 1.165) is 18.2 Å². The van der Waals surface area contributed by atoms with Gasteiger partial charge >= 0.3 is 18.3 Å². The molecule has 1 saturated heterocycles. The number of benzene rings is 1. The minimum absolute atomic E-state index is 0.0169. The molecule has 26 heavy (non-hydrogen) atoms. The van der Waals surface area contributed by atoms with Crippen molar-refractivity contribution < 1.29 is 40.6 Å². The zero-order valence-electron chi connectivity index (χ0n) is 13.8. The van der Waals surface area contributed by atoms with Crippen molar-refractivity contribution >= 4 is 11.7 Å². The number of carbonyl (C=O) groups is 1. The largest absolute Gasteiger partial charge is 0.490 e. The molecule has 1 fully saturated rings. The number of anilines is 1. The monoisotopic (exact) mass is 390 g/mol. The van der Waals surface area contributed by atoms with Crippen molar-refractivity contribution in [3.8, 4) is 0 Å². The third-order valence-corrected chi connectivity index (χ3v) is 3.66. The normalized spacial score (nSPS) is 19.0. The lowest BCUT2D eigenvalue weighted by atomic mass is 10.1. The fraction of sp³-hybridized carbons (Fsp3) is 0.533. The molecule has 0 spiro atoms. The van der Waals surface area contributed by atoms with Gasteiger partial charge in [0.05, 0.1) is 11.3 Å². The summed E-state index contributed by atoms with van der Waals surface area (Å²) in [6.07, 6.45) is -9.53. The third-order valence-electron chi connectivity index (χ3n) is 3.66. The molecule has 0 saturated carbocycles. The van der Waals surface area contributed by atoms with Gasteiger partial charge in [0.15, 0.2) is 0 Å². The van der Waals surface area contributed by atoms with Crippen LogP contribution < -0.4 is 4.90 Å². The Balaban J connectivity index is 0.000000412. The van der Waals surface area contributed by atoms with Crippen molar-refractivity contribution in [2.45, 2.75) is 25.3 Å². The number of likely N-dealkylation sites (N-methyl/N-ethyl adjacent to an activating group) is 1. The van der Waals surface area contributed by atoms with Gasteiger partial charge in [0, 0.05) is 25.7 Å². The molecule has 11 heteroatoms. The van der Waals surface area contributed by atoms with E-state index in [0.29, 0.717) is 19.6 Å². The average Bonchev–Trinajstić information content (AvgIpc) is 2.47. The summed E-state index contributed by atoms with van der Waals surface area (Å²) in [6, 6.07) is 2.55. The van der Waals surface area contributed by atoms with Crippen LogP contribution in [0.15, 0.2) is 18.2 Å². The number of hydrogen-bond donors (Lipinski definition) is 1. The first-order chi connectivity index (χ1) is 11.7. The molecule has 1 N–H and O–H groups in total. The first kappa shape index (κ1) is 22.0. The Labute approximate surface area is 144 Å². The van der Waals surface area contributed by atoms with Gasteiger partial charge in [0.2, 0.25) is 0 Å². The molecule has 0 aliphatic carbocycles. The third kappa shape index (κ3) is 6.04. The maximum Gasteiger partial charge on any atom is 0.490 e. The number of carboxylic acids is 1. The summed E-state index contributed by atoms with van der Waals surface area (Å²) in [5.74, 6) is -3.36. The Morgan fingerprint density at radius 3 is 2.12 bits per heavy atom. The minimum atomic E-state index is -5.08. The zero-order chi connectivity index (χ0) is 20.3. The molecule has 0 aromatic heterocycles. The summed E-state index contributed by atoms with van der Waals surface area (Å²) in [5.41, 5.74) is -0.773. The van der Waals surface area contributed by atoms with Crippen molar-refractivity contribution in [2.75, 3.05) is 31.6 Å². The molecule has 1 heterocycles. The molecule has 0 bridgehead atoms. The highest BCUT2D eigenvalue weighted by Gasteiger charge is 2.38. The molecule has 1 aliphatic heterocycles. The smallest absolute Gasteiger partial charge is 0.475 e. The number of hydrogen-bond acceptors (Lipinski definition) is 3. The highest BCUT2D eigenvalue weighted by atomic mass is 19.4. The molecular formula is C15H17F7N2O2. The molecule has 1 aromatic rings. The highest BCUT2D eigenvalue weighted by Crippen LogP contribution is 2.34. The number of rotatable bonds is 1. The fourth-order valence-corrected chi connectivity index (χ4v) is 2.41. The Bertz CT molecular complexity index is 631. The molecule has 0 amide bonds. The van der Waals surface area contributed by atoms with E-state index in [1.54, 1.807) is 4.90 Å². The molecule has 0 unspecified atom stereocenters. The summed E-state index contributed by atoms with van der Waals surface area (Å²) in [5, 5.41) is 7.12. The number of aliphatic carboxylic acids is 1. The standard InChI is InChI=1S/C13H16F4N2.C2HF3O2/c1-9-8-18(2)5-6-19(9)12-7-10(13(15,16)17)3-4-11(12)14;3-2(4,5)1(6)7/h3-4,7,9H,5-6,8H2,1-2H3;(H,6,7)/t9-;/m0./s1. The predicted molar refractivity (Wildman–Crippen MR) is 79.4 cm³/mol. The van der Waals surface area contributed by atoms with Crippen LogP contribution in [0.3, 0.4) is 0 Å². The topological polar surface area (TPSA) is 43.8 Å². The van der Waals surface area contributed by atoms with Crippen LogP contribution >= 0.6 is 0 Å². The van der Waals surface area contributed by atoms with Crippen LogP contribution in [0.25, 0.3) is 0 Å². The lowest BCUT2D eigenvalue weighted by Crippen LogP contribution is -2.50. The van der Waals surface area contributed by atoms with E-state index in [2.05, 4.69) is 4.90 Å². The van der Waals surface area contributed by atoms with Gasteiger partial charge in [0.25, 0.3) is 0 Å². The number of halogens is 7. The van der Waals surface area contributed by atoms with Crippen LogP contribution in [0.5, 0.6) is 0 Å². The van der Waals surface area contributed by atoms with Gasteiger partial charge in [-0.25, -0.2) is 9.18 Å². The lowest BCUT2D eigenvalue weighted by Gasteiger charge is -2.40. The van der Waals surface area contributed by atoms with E-state index in [4.69, 9.17) is 9.90 Å². The molecule has 0 radical (unpaired) electrons. The van der Waals surface area contributed by atoms with Crippen LogP contribution in [0.4, 0.5) is 36.4 Å². The minimum Gasteiger partial charge on any atom is -0.475 e. The van der Waals surface area contributed by atoms with Gasteiger partial charge in [-0.2, -0.15) is 26.3 Å². The highest BCUT2D eigenvalue weighted by molar-refractivity contribution is 5.73. The van der Waals surface area contributed by atoms with E-state index >= 15 is 0 Å². The van der Waals surface area contributed by atoms with Gasteiger partial charge in [-0.05, 0) is 32.2 Å². The second-order valence-electron chi connectivity index (χ2n) is 5.77. The van der Waals surface area contributed by atoms with Crippen molar-refractivity contribution in [3.63, 3.8) is 0 Å². The van der Waals surface area contributed by atoms with Gasteiger partial charge in [-0.1, -0.05) is 0 Å². The van der Waals surface area contributed by atoms with Crippen molar-refractivity contribution in [2.24, 2.45) is 0 Å². The SMILES string of the molecule is C[C@H]1CN(C)CCN1c1cc(C(F)(F)F)ccc1F.O=C(O)C(F)(F)F. The molecule has 1 aromatic carbocycles. The second-order valence-corrected chi connectivity index (χ2v) is 5.77. The van der Waals surface area contributed by atoms with Gasteiger partial charge in [0.1, 0.15) is 5.82 Å².